The van der Waals surface area contributed by atoms with Gasteiger partial charge in [0, 0.05) is 38.3 Å². The fraction of sp³-hybridized carbons (Fsp3) is 0.462. The quantitative estimate of drug-likeness (QED) is 0.492. The van der Waals surface area contributed by atoms with E-state index in [4.69, 9.17) is 5.84 Å². The molecule has 0 bridgehead atoms. The number of rotatable bonds is 3. The smallest absolute Gasteiger partial charge is 0.128 e. The van der Waals surface area contributed by atoms with Crippen molar-refractivity contribution in [1.29, 1.82) is 0 Å². The van der Waals surface area contributed by atoms with Crippen LogP contribution in [0.1, 0.15) is 11.1 Å². The molecular formula is C13H19FN4. The van der Waals surface area contributed by atoms with Crippen molar-refractivity contribution in [3.63, 3.8) is 0 Å². The van der Waals surface area contributed by atoms with Gasteiger partial charge >= 0.3 is 0 Å². The van der Waals surface area contributed by atoms with Gasteiger partial charge in [0.05, 0.1) is 6.21 Å². The zero-order valence-electron chi connectivity index (χ0n) is 10.6. The highest BCUT2D eigenvalue weighted by molar-refractivity contribution is 5.79. The normalized spacial score (nSPS) is 18.6. The summed E-state index contributed by atoms with van der Waals surface area (Å²) in [6, 6.07) is 5.12. The molecule has 0 atom stereocenters. The summed E-state index contributed by atoms with van der Waals surface area (Å²) in [7, 11) is 2.11. The fourth-order valence-corrected chi connectivity index (χ4v) is 2.11. The van der Waals surface area contributed by atoms with Crippen LogP contribution in [0, 0.1) is 5.82 Å². The van der Waals surface area contributed by atoms with Gasteiger partial charge in [-0.05, 0) is 18.7 Å². The minimum absolute atomic E-state index is 0.189. The zero-order chi connectivity index (χ0) is 13.0. The molecule has 1 fully saturated rings. The summed E-state index contributed by atoms with van der Waals surface area (Å²) in [6.07, 6.45) is 1.45. The summed E-state index contributed by atoms with van der Waals surface area (Å²) in [5, 5.41) is 3.39. The summed E-state index contributed by atoms with van der Waals surface area (Å²) in [5.74, 6) is 4.86. The van der Waals surface area contributed by atoms with Crippen molar-refractivity contribution in [2.24, 2.45) is 10.9 Å². The molecule has 98 valence electrons. The van der Waals surface area contributed by atoms with Gasteiger partial charge in [-0.1, -0.05) is 12.1 Å². The van der Waals surface area contributed by atoms with Crippen molar-refractivity contribution in [2.45, 2.75) is 6.54 Å². The second-order valence-electron chi connectivity index (χ2n) is 4.71. The molecule has 2 N–H and O–H groups in total. The summed E-state index contributed by atoms with van der Waals surface area (Å²) in [6.45, 7) is 4.72. The first-order valence-electron chi connectivity index (χ1n) is 6.11. The Hall–Kier alpha value is -1.46. The summed E-state index contributed by atoms with van der Waals surface area (Å²) >= 11 is 0. The van der Waals surface area contributed by atoms with Gasteiger partial charge in [-0.15, -0.1) is 0 Å². The molecule has 4 nitrogen and oxygen atoms in total. The lowest BCUT2D eigenvalue weighted by Crippen LogP contribution is -2.44. The highest BCUT2D eigenvalue weighted by Gasteiger charge is 2.15. The Labute approximate surface area is 107 Å². The van der Waals surface area contributed by atoms with Crippen molar-refractivity contribution in [2.75, 3.05) is 33.2 Å². The van der Waals surface area contributed by atoms with E-state index in [1.165, 1.54) is 12.3 Å². The Kier molecular flexibility index (Phi) is 4.28. The van der Waals surface area contributed by atoms with E-state index < -0.39 is 0 Å². The number of nitrogens with zero attached hydrogens (tertiary/aromatic N) is 3. The molecule has 0 radical (unpaired) electrons. The highest BCUT2D eigenvalue weighted by atomic mass is 19.1. The third-order valence-corrected chi connectivity index (χ3v) is 3.29. The average molecular weight is 250 g/mol. The second kappa shape index (κ2) is 5.93. The maximum absolute atomic E-state index is 13.9. The van der Waals surface area contributed by atoms with Crippen molar-refractivity contribution in [3.8, 4) is 0 Å². The van der Waals surface area contributed by atoms with E-state index >= 15 is 0 Å². The molecule has 0 amide bonds. The largest absolute Gasteiger partial charge is 0.323 e. The molecule has 5 heteroatoms. The molecule has 0 aliphatic carbocycles. The summed E-state index contributed by atoms with van der Waals surface area (Å²) in [4.78, 5) is 4.56. The third kappa shape index (κ3) is 3.27. The van der Waals surface area contributed by atoms with Gasteiger partial charge in [-0.25, -0.2) is 4.39 Å². The van der Waals surface area contributed by atoms with Gasteiger partial charge in [-0.2, -0.15) is 5.10 Å². The molecule has 1 saturated heterocycles. The van der Waals surface area contributed by atoms with Crippen LogP contribution in [0.25, 0.3) is 0 Å². The maximum Gasteiger partial charge on any atom is 0.128 e. The van der Waals surface area contributed by atoms with Crippen LogP contribution in [0.5, 0.6) is 0 Å². The first-order valence-corrected chi connectivity index (χ1v) is 6.11. The predicted octanol–water partition coefficient (Wildman–Crippen LogP) is 0.866. The number of hydrogen-bond donors (Lipinski definition) is 1. The topological polar surface area (TPSA) is 44.9 Å². The van der Waals surface area contributed by atoms with Crippen LogP contribution in [-0.4, -0.2) is 49.2 Å². The Balaban J connectivity index is 2.01. The van der Waals surface area contributed by atoms with Crippen molar-refractivity contribution in [3.05, 3.63) is 35.1 Å². The van der Waals surface area contributed by atoms with Crippen LogP contribution in [0.15, 0.2) is 23.3 Å². The highest BCUT2D eigenvalue weighted by Crippen LogP contribution is 2.13. The number of likely N-dealkylation sites (N-methyl/N-ethyl adjacent to an activating group) is 1. The van der Waals surface area contributed by atoms with Gasteiger partial charge in [-0.3, -0.25) is 4.90 Å². The Morgan fingerprint density at radius 1 is 1.33 bits per heavy atom. The van der Waals surface area contributed by atoms with Gasteiger partial charge in [0.25, 0.3) is 0 Å². The fourth-order valence-electron chi connectivity index (χ4n) is 2.11. The summed E-state index contributed by atoms with van der Waals surface area (Å²) in [5.41, 5.74) is 1.42. The molecule has 2 rings (SSSR count). The van der Waals surface area contributed by atoms with Crippen LogP contribution < -0.4 is 5.84 Å². The first-order chi connectivity index (χ1) is 8.69. The lowest BCUT2D eigenvalue weighted by Gasteiger charge is -2.32. The number of benzene rings is 1. The molecule has 1 aromatic carbocycles. The lowest BCUT2D eigenvalue weighted by molar-refractivity contribution is 0.147. The lowest BCUT2D eigenvalue weighted by atomic mass is 10.1. The van der Waals surface area contributed by atoms with Gasteiger partial charge in [0.15, 0.2) is 0 Å². The van der Waals surface area contributed by atoms with E-state index in [9.17, 15) is 4.39 Å². The Morgan fingerprint density at radius 2 is 2.06 bits per heavy atom. The maximum atomic E-state index is 13.9. The molecule has 1 aliphatic rings. The number of hydrogen-bond acceptors (Lipinski definition) is 4. The second-order valence-corrected chi connectivity index (χ2v) is 4.71. The molecule has 1 aliphatic heterocycles. The standard InChI is InChI=1S/C13H19FN4/c1-17-4-6-18(7-5-17)10-12-3-2-11(9-16-15)8-13(12)14/h2-3,8-9H,4-7,10,15H2,1H3. The molecule has 0 saturated carbocycles. The molecule has 0 unspecified atom stereocenters. The SMILES string of the molecule is CN1CCN(Cc2ccc(C=NN)cc2F)CC1. The first kappa shape index (κ1) is 13.0. The number of nitrogens with two attached hydrogens (primary N) is 1. The van der Waals surface area contributed by atoms with E-state index in [0.29, 0.717) is 12.1 Å². The van der Waals surface area contributed by atoms with Crippen LogP contribution in [-0.2, 0) is 6.54 Å². The van der Waals surface area contributed by atoms with E-state index in [-0.39, 0.29) is 5.82 Å². The molecular weight excluding hydrogens is 231 g/mol. The number of halogens is 1. The number of hydrazone groups is 1. The molecule has 0 spiro atoms. The average Bonchev–Trinajstić information content (AvgIpc) is 2.36. The molecule has 1 aromatic rings. The van der Waals surface area contributed by atoms with E-state index in [1.807, 2.05) is 12.1 Å². The molecule has 18 heavy (non-hydrogen) atoms. The Bertz CT molecular complexity index is 425. The Morgan fingerprint density at radius 3 is 2.67 bits per heavy atom. The van der Waals surface area contributed by atoms with Crippen LogP contribution in [0.4, 0.5) is 4.39 Å². The van der Waals surface area contributed by atoms with Crippen molar-refractivity contribution in [1.82, 2.24) is 9.80 Å². The minimum atomic E-state index is -0.189. The monoisotopic (exact) mass is 250 g/mol. The molecule has 1 heterocycles. The van der Waals surface area contributed by atoms with E-state index in [2.05, 4.69) is 21.9 Å². The van der Waals surface area contributed by atoms with E-state index in [0.717, 1.165) is 31.7 Å². The minimum Gasteiger partial charge on any atom is -0.323 e. The summed E-state index contributed by atoms with van der Waals surface area (Å²) < 4.78 is 13.9. The van der Waals surface area contributed by atoms with Gasteiger partial charge in [0.2, 0.25) is 0 Å². The molecule has 0 aromatic heterocycles. The van der Waals surface area contributed by atoms with Gasteiger partial charge < -0.3 is 10.7 Å². The van der Waals surface area contributed by atoms with Crippen LogP contribution >= 0.6 is 0 Å². The zero-order valence-corrected chi connectivity index (χ0v) is 10.6. The number of piperazine rings is 1. The van der Waals surface area contributed by atoms with Crippen LogP contribution in [0.2, 0.25) is 0 Å². The van der Waals surface area contributed by atoms with Crippen LogP contribution in [0.3, 0.4) is 0 Å². The third-order valence-electron chi connectivity index (χ3n) is 3.29. The van der Waals surface area contributed by atoms with Crippen molar-refractivity contribution >= 4 is 6.21 Å². The van der Waals surface area contributed by atoms with Crippen molar-refractivity contribution < 1.29 is 4.39 Å². The van der Waals surface area contributed by atoms with E-state index in [1.54, 1.807) is 0 Å². The predicted molar refractivity (Wildman–Crippen MR) is 71.0 cm³/mol. The van der Waals surface area contributed by atoms with Gasteiger partial charge in [0.1, 0.15) is 5.82 Å².